The molecule has 2 fully saturated rings. The summed E-state index contributed by atoms with van der Waals surface area (Å²) in [7, 11) is 0. The van der Waals surface area contributed by atoms with Crippen LogP contribution in [0.5, 0.6) is 11.5 Å². The van der Waals surface area contributed by atoms with Crippen molar-refractivity contribution in [1.82, 2.24) is 14.8 Å². The number of ether oxygens (including phenoxy) is 1. The maximum absolute atomic E-state index is 14.8. The molecule has 2 N–H and O–H groups in total. The van der Waals surface area contributed by atoms with E-state index in [0.717, 1.165) is 18.9 Å². The Morgan fingerprint density at radius 2 is 1.68 bits per heavy atom. The van der Waals surface area contributed by atoms with E-state index in [4.69, 9.17) is 17.0 Å². The van der Waals surface area contributed by atoms with Gasteiger partial charge in [0, 0.05) is 50.2 Å². The fourth-order valence-corrected chi connectivity index (χ4v) is 4.61. The number of nitrogens with one attached hydrogen (secondary N) is 2. The van der Waals surface area contributed by atoms with Crippen LogP contribution in [-0.4, -0.2) is 58.1 Å². The van der Waals surface area contributed by atoms with Crippen LogP contribution in [0, 0.1) is 11.6 Å². The monoisotopic (exact) mass is 538 g/mol. The van der Waals surface area contributed by atoms with Crippen LogP contribution in [0.4, 0.5) is 35.6 Å². The molecule has 1 aromatic heterocycles. The zero-order valence-corrected chi connectivity index (χ0v) is 21.0. The number of aromatic nitrogens is 1. The molecule has 2 aliphatic heterocycles. The SMILES string of the molecule is O=C(Nc1cc(Oc2ccc(NC(=O)N3CCN(c4ccccc4F)C3=S)cc2F)ccn1)N1CCCC1. The Morgan fingerprint density at radius 1 is 0.895 bits per heavy atom. The number of pyridine rings is 1. The van der Waals surface area contributed by atoms with Gasteiger partial charge in [-0.25, -0.2) is 23.4 Å². The van der Waals surface area contributed by atoms with Gasteiger partial charge in [-0.15, -0.1) is 0 Å². The molecule has 2 saturated heterocycles. The van der Waals surface area contributed by atoms with Crippen LogP contribution in [-0.2, 0) is 0 Å². The number of carbonyl (C=O) groups is 2. The van der Waals surface area contributed by atoms with E-state index in [1.165, 1.54) is 46.3 Å². The van der Waals surface area contributed by atoms with Crippen LogP contribution >= 0.6 is 12.2 Å². The fourth-order valence-electron chi connectivity index (χ4n) is 4.25. The highest BCUT2D eigenvalue weighted by Crippen LogP contribution is 2.29. The van der Waals surface area contributed by atoms with Crippen molar-refractivity contribution < 1.29 is 23.1 Å². The number of likely N-dealkylation sites (tertiary alicyclic amines) is 1. The number of thiocarbonyl (C=S) groups is 1. The zero-order chi connectivity index (χ0) is 26.6. The molecule has 2 aliphatic rings. The molecule has 0 radical (unpaired) electrons. The standard InChI is InChI=1S/C26H24F2N6O3S/c27-19-5-1-2-6-21(19)33-13-14-34(26(33)38)25(36)30-17-7-8-22(20(28)15-17)37-18-9-10-29-23(16-18)31-24(35)32-11-3-4-12-32/h1-2,5-10,15-16H,3-4,11-14H2,(H,30,36)(H,29,31,35). The number of carbonyl (C=O) groups excluding carboxylic acids is 2. The van der Waals surface area contributed by atoms with Crippen molar-refractivity contribution in [2.45, 2.75) is 12.8 Å². The summed E-state index contributed by atoms with van der Waals surface area (Å²) in [5.41, 5.74) is 0.482. The van der Waals surface area contributed by atoms with E-state index in [-0.39, 0.29) is 46.4 Å². The third-order valence-electron chi connectivity index (χ3n) is 6.17. The number of amides is 4. The van der Waals surface area contributed by atoms with Gasteiger partial charge in [0.15, 0.2) is 16.7 Å². The first-order valence-corrected chi connectivity index (χ1v) is 12.4. The van der Waals surface area contributed by atoms with Crippen molar-refractivity contribution in [3.05, 3.63) is 72.4 Å². The molecule has 0 spiro atoms. The maximum Gasteiger partial charge on any atom is 0.328 e. The number of urea groups is 2. The van der Waals surface area contributed by atoms with Crippen LogP contribution in [0.2, 0.25) is 0 Å². The molecule has 0 bridgehead atoms. The van der Waals surface area contributed by atoms with Gasteiger partial charge < -0.3 is 19.9 Å². The van der Waals surface area contributed by atoms with E-state index in [9.17, 15) is 18.4 Å². The predicted molar refractivity (Wildman–Crippen MR) is 143 cm³/mol. The smallest absolute Gasteiger partial charge is 0.328 e. The number of halogens is 2. The summed E-state index contributed by atoms with van der Waals surface area (Å²) in [6.07, 6.45) is 3.39. The molecule has 5 rings (SSSR count). The molecule has 0 unspecified atom stereocenters. The summed E-state index contributed by atoms with van der Waals surface area (Å²) in [6.45, 7) is 1.98. The Labute approximate surface area is 223 Å². The Morgan fingerprint density at radius 3 is 2.45 bits per heavy atom. The minimum absolute atomic E-state index is 0.0755. The molecule has 4 amide bonds. The van der Waals surface area contributed by atoms with E-state index in [0.29, 0.717) is 19.6 Å². The Hall–Kier alpha value is -4.32. The zero-order valence-electron chi connectivity index (χ0n) is 20.2. The van der Waals surface area contributed by atoms with E-state index in [1.807, 2.05) is 0 Å². The average Bonchev–Trinajstić information content (AvgIpc) is 3.57. The number of anilines is 3. The van der Waals surface area contributed by atoms with Crippen molar-refractivity contribution in [1.29, 1.82) is 0 Å². The minimum atomic E-state index is -0.709. The van der Waals surface area contributed by atoms with Crippen LogP contribution in [0.25, 0.3) is 0 Å². The molecule has 9 nitrogen and oxygen atoms in total. The second-order valence-electron chi connectivity index (χ2n) is 8.72. The number of nitrogens with zero attached hydrogens (tertiary/aromatic N) is 4. The molecule has 0 aliphatic carbocycles. The van der Waals surface area contributed by atoms with Gasteiger partial charge in [-0.05, 0) is 55.4 Å². The van der Waals surface area contributed by atoms with Gasteiger partial charge in [-0.1, -0.05) is 12.1 Å². The number of benzene rings is 2. The second kappa shape index (κ2) is 11.0. The molecule has 3 heterocycles. The minimum Gasteiger partial charge on any atom is -0.454 e. The summed E-state index contributed by atoms with van der Waals surface area (Å²) in [6, 6.07) is 12.4. The van der Waals surface area contributed by atoms with E-state index < -0.39 is 17.7 Å². The van der Waals surface area contributed by atoms with E-state index >= 15 is 0 Å². The third-order valence-corrected chi connectivity index (χ3v) is 6.61. The van der Waals surface area contributed by atoms with Crippen molar-refractivity contribution >= 4 is 46.6 Å². The van der Waals surface area contributed by atoms with Crippen LogP contribution in [0.3, 0.4) is 0 Å². The second-order valence-corrected chi connectivity index (χ2v) is 9.08. The van der Waals surface area contributed by atoms with Crippen molar-refractivity contribution in [2.24, 2.45) is 0 Å². The summed E-state index contributed by atoms with van der Waals surface area (Å²) in [5.74, 6) is -0.657. The molecular formula is C26H24F2N6O3S. The van der Waals surface area contributed by atoms with Crippen LogP contribution in [0.1, 0.15) is 12.8 Å². The summed E-state index contributed by atoms with van der Waals surface area (Å²) >= 11 is 5.38. The van der Waals surface area contributed by atoms with Crippen LogP contribution in [0.15, 0.2) is 60.8 Å². The van der Waals surface area contributed by atoms with Gasteiger partial charge in [-0.2, -0.15) is 0 Å². The van der Waals surface area contributed by atoms with Crippen LogP contribution < -0.4 is 20.3 Å². The van der Waals surface area contributed by atoms with Gasteiger partial charge in [0.25, 0.3) is 0 Å². The van der Waals surface area contributed by atoms with Crippen molar-refractivity contribution in [3.63, 3.8) is 0 Å². The maximum atomic E-state index is 14.8. The molecule has 196 valence electrons. The lowest BCUT2D eigenvalue weighted by molar-refractivity contribution is 0.222. The molecule has 38 heavy (non-hydrogen) atoms. The van der Waals surface area contributed by atoms with E-state index in [2.05, 4.69) is 15.6 Å². The Balaban J connectivity index is 1.21. The van der Waals surface area contributed by atoms with Gasteiger partial charge in [-0.3, -0.25) is 10.2 Å². The highest BCUT2D eigenvalue weighted by molar-refractivity contribution is 7.80. The Kier molecular flexibility index (Phi) is 7.31. The predicted octanol–water partition coefficient (Wildman–Crippen LogP) is 5.42. The first-order valence-electron chi connectivity index (χ1n) is 12.0. The lowest BCUT2D eigenvalue weighted by Gasteiger charge is -2.21. The lowest BCUT2D eigenvalue weighted by Crippen LogP contribution is -2.39. The topological polar surface area (TPSA) is 90.0 Å². The molecule has 2 aromatic carbocycles. The summed E-state index contributed by atoms with van der Waals surface area (Å²) in [4.78, 5) is 33.7. The first kappa shape index (κ1) is 25.3. The molecule has 12 heteroatoms. The highest BCUT2D eigenvalue weighted by atomic mass is 32.1. The summed E-state index contributed by atoms with van der Waals surface area (Å²) < 4.78 is 34.6. The van der Waals surface area contributed by atoms with Crippen molar-refractivity contribution in [2.75, 3.05) is 41.7 Å². The quantitative estimate of drug-likeness (QED) is 0.422. The average molecular weight is 539 g/mol. The molecular weight excluding hydrogens is 514 g/mol. The lowest BCUT2D eigenvalue weighted by atomic mass is 10.3. The van der Waals surface area contributed by atoms with Gasteiger partial charge in [0.1, 0.15) is 17.4 Å². The van der Waals surface area contributed by atoms with Gasteiger partial charge in [0.2, 0.25) is 0 Å². The highest BCUT2D eigenvalue weighted by Gasteiger charge is 2.32. The van der Waals surface area contributed by atoms with Gasteiger partial charge in [0.05, 0.1) is 5.69 Å². The molecule has 0 atom stereocenters. The first-order chi connectivity index (χ1) is 18.4. The number of hydrogen-bond acceptors (Lipinski definition) is 5. The number of rotatable bonds is 5. The molecule has 0 saturated carbocycles. The fraction of sp³-hybridized carbons (Fsp3) is 0.231. The normalized spacial score (nSPS) is 15.1. The Bertz CT molecular complexity index is 1380. The van der Waals surface area contributed by atoms with Crippen molar-refractivity contribution in [3.8, 4) is 11.5 Å². The van der Waals surface area contributed by atoms with E-state index in [1.54, 1.807) is 23.1 Å². The molecule has 3 aromatic rings. The third kappa shape index (κ3) is 5.49. The number of para-hydroxylation sites is 1. The van der Waals surface area contributed by atoms with Gasteiger partial charge >= 0.3 is 12.1 Å². The number of hydrogen-bond donors (Lipinski definition) is 2. The summed E-state index contributed by atoms with van der Waals surface area (Å²) in [5, 5.41) is 5.48. The largest absolute Gasteiger partial charge is 0.454 e.